The summed E-state index contributed by atoms with van der Waals surface area (Å²) in [4.78, 5) is 43.2. The van der Waals surface area contributed by atoms with E-state index in [1.165, 1.54) is 42.3 Å². The van der Waals surface area contributed by atoms with Gasteiger partial charge in [0.25, 0.3) is 11.8 Å². The first kappa shape index (κ1) is 27.7. The first-order valence-corrected chi connectivity index (χ1v) is 12.6. The van der Waals surface area contributed by atoms with Crippen LogP contribution in [-0.4, -0.2) is 80.5 Å². The zero-order chi connectivity index (χ0) is 27.8. The second-order valence-electron chi connectivity index (χ2n) is 9.05. The molecule has 0 atom stereocenters. The fourth-order valence-corrected chi connectivity index (χ4v) is 4.36. The Bertz CT molecular complexity index is 1310. The third-order valence-corrected chi connectivity index (χ3v) is 6.48. The molecule has 3 amide bonds. The standard InChI is InChI=1S/C29H30F2N4O4/c1-39-19-18-35(29(38)24-7-3-5-9-26(24)31)20-27(36)32-21-10-12-22(13-11-21)33-14-16-34(17-15-33)28(37)23-6-2-4-8-25(23)30/h2-13H,14-20H2,1H3,(H,32,36). The van der Waals surface area contributed by atoms with Crippen LogP contribution in [0.5, 0.6) is 0 Å². The highest BCUT2D eigenvalue weighted by Crippen LogP contribution is 2.21. The number of amides is 3. The van der Waals surface area contributed by atoms with Gasteiger partial charge >= 0.3 is 0 Å². The molecule has 1 heterocycles. The number of nitrogens with zero attached hydrogens (tertiary/aromatic N) is 3. The molecule has 0 saturated carbocycles. The van der Waals surface area contributed by atoms with E-state index in [9.17, 15) is 23.2 Å². The van der Waals surface area contributed by atoms with E-state index in [1.807, 2.05) is 12.1 Å². The second kappa shape index (κ2) is 13.0. The Labute approximate surface area is 225 Å². The van der Waals surface area contributed by atoms with Crippen molar-refractivity contribution in [1.29, 1.82) is 0 Å². The van der Waals surface area contributed by atoms with E-state index < -0.39 is 23.4 Å². The van der Waals surface area contributed by atoms with Crippen molar-refractivity contribution in [2.24, 2.45) is 0 Å². The van der Waals surface area contributed by atoms with Gasteiger partial charge in [0.05, 0.1) is 17.7 Å². The average Bonchev–Trinajstić information content (AvgIpc) is 2.95. The third kappa shape index (κ3) is 6.97. The Morgan fingerprint density at radius 2 is 1.44 bits per heavy atom. The molecule has 0 bridgehead atoms. The van der Waals surface area contributed by atoms with Gasteiger partial charge in [-0.15, -0.1) is 0 Å². The quantitative estimate of drug-likeness (QED) is 0.452. The van der Waals surface area contributed by atoms with Crippen molar-refractivity contribution in [2.75, 3.05) is 63.2 Å². The van der Waals surface area contributed by atoms with Crippen LogP contribution in [0.1, 0.15) is 20.7 Å². The topological polar surface area (TPSA) is 82.2 Å². The minimum atomic E-state index is -0.654. The second-order valence-corrected chi connectivity index (χ2v) is 9.05. The minimum absolute atomic E-state index is 0.0717. The van der Waals surface area contributed by atoms with Crippen LogP contribution in [0.15, 0.2) is 72.8 Å². The maximum Gasteiger partial charge on any atom is 0.257 e. The van der Waals surface area contributed by atoms with Crippen LogP contribution in [0.25, 0.3) is 0 Å². The first-order valence-electron chi connectivity index (χ1n) is 12.6. The molecule has 0 spiro atoms. The van der Waals surface area contributed by atoms with Crippen LogP contribution >= 0.6 is 0 Å². The van der Waals surface area contributed by atoms with Gasteiger partial charge in [-0.25, -0.2) is 8.78 Å². The smallest absolute Gasteiger partial charge is 0.257 e. The van der Waals surface area contributed by atoms with Gasteiger partial charge in [-0.05, 0) is 48.5 Å². The van der Waals surface area contributed by atoms with Crippen molar-refractivity contribution in [3.8, 4) is 0 Å². The average molecular weight is 537 g/mol. The van der Waals surface area contributed by atoms with Crippen LogP contribution < -0.4 is 10.2 Å². The fraction of sp³-hybridized carbons (Fsp3) is 0.276. The van der Waals surface area contributed by atoms with Gasteiger partial charge in [0.2, 0.25) is 5.91 Å². The summed E-state index contributed by atoms with van der Waals surface area (Å²) >= 11 is 0. The molecule has 8 nitrogen and oxygen atoms in total. The SMILES string of the molecule is COCCN(CC(=O)Nc1ccc(N2CCN(C(=O)c3ccccc3F)CC2)cc1)C(=O)c1ccccc1F. The lowest BCUT2D eigenvalue weighted by Crippen LogP contribution is -2.49. The zero-order valence-corrected chi connectivity index (χ0v) is 21.6. The first-order chi connectivity index (χ1) is 18.9. The summed E-state index contributed by atoms with van der Waals surface area (Å²) < 4.78 is 33.2. The molecule has 1 aliphatic rings. The molecule has 0 unspecified atom stereocenters. The molecule has 39 heavy (non-hydrogen) atoms. The number of benzene rings is 3. The molecule has 10 heteroatoms. The number of hydrogen-bond acceptors (Lipinski definition) is 5. The number of rotatable bonds is 9. The largest absolute Gasteiger partial charge is 0.383 e. The number of nitrogens with one attached hydrogen (secondary N) is 1. The van der Waals surface area contributed by atoms with E-state index in [0.717, 1.165) is 5.69 Å². The molecule has 4 rings (SSSR count). The number of hydrogen-bond donors (Lipinski definition) is 1. The minimum Gasteiger partial charge on any atom is -0.383 e. The summed E-state index contributed by atoms with van der Waals surface area (Å²) in [5, 5.41) is 2.77. The van der Waals surface area contributed by atoms with E-state index in [1.54, 1.807) is 35.2 Å². The molecular weight excluding hydrogens is 506 g/mol. The molecule has 0 aromatic heterocycles. The van der Waals surface area contributed by atoms with E-state index >= 15 is 0 Å². The Balaban J connectivity index is 1.32. The summed E-state index contributed by atoms with van der Waals surface area (Å²) in [6.45, 7) is 2.13. The summed E-state index contributed by atoms with van der Waals surface area (Å²) in [6, 6.07) is 18.8. The van der Waals surface area contributed by atoms with Gasteiger partial charge in [-0.1, -0.05) is 24.3 Å². The summed E-state index contributed by atoms with van der Waals surface area (Å²) in [5.41, 5.74) is 1.42. The van der Waals surface area contributed by atoms with E-state index in [0.29, 0.717) is 31.9 Å². The van der Waals surface area contributed by atoms with Gasteiger partial charge in [0, 0.05) is 51.2 Å². The van der Waals surface area contributed by atoms with Gasteiger partial charge in [-0.2, -0.15) is 0 Å². The molecule has 3 aromatic rings. The molecule has 0 radical (unpaired) electrons. The van der Waals surface area contributed by atoms with Crippen LogP contribution in [0.4, 0.5) is 20.2 Å². The van der Waals surface area contributed by atoms with Crippen molar-refractivity contribution >= 4 is 29.1 Å². The molecule has 0 aliphatic carbocycles. The summed E-state index contributed by atoms with van der Waals surface area (Å²) in [6.07, 6.45) is 0. The lowest BCUT2D eigenvalue weighted by atomic mass is 10.1. The van der Waals surface area contributed by atoms with Gasteiger partial charge in [0.15, 0.2) is 0 Å². The predicted molar refractivity (Wildman–Crippen MR) is 144 cm³/mol. The Morgan fingerprint density at radius 3 is 2.03 bits per heavy atom. The monoisotopic (exact) mass is 536 g/mol. The Hall–Kier alpha value is -4.31. The number of ether oxygens (including phenoxy) is 1. The number of methoxy groups -OCH3 is 1. The van der Waals surface area contributed by atoms with Crippen molar-refractivity contribution in [3.63, 3.8) is 0 Å². The normalized spacial score (nSPS) is 13.2. The highest BCUT2D eigenvalue weighted by atomic mass is 19.1. The van der Waals surface area contributed by atoms with Crippen LogP contribution in [0, 0.1) is 11.6 Å². The molecular formula is C29H30F2N4O4. The van der Waals surface area contributed by atoms with Crippen molar-refractivity contribution < 1.29 is 27.9 Å². The molecule has 1 aliphatic heterocycles. The van der Waals surface area contributed by atoms with E-state index in [4.69, 9.17) is 4.74 Å². The summed E-state index contributed by atoms with van der Waals surface area (Å²) in [5.74, 6) is -2.52. The maximum atomic E-state index is 14.1. The number of carbonyl (C=O) groups is 3. The fourth-order valence-electron chi connectivity index (χ4n) is 4.36. The lowest BCUT2D eigenvalue weighted by molar-refractivity contribution is -0.117. The number of carbonyl (C=O) groups excluding carboxylic acids is 3. The van der Waals surface area contributed by atoms with Crippen LogP contribution in [0.2, 0.25) is 0 Å². The Kier molecular flexibility index (Phi) is 9.22. The van der Waals surface area contributed by atoms with Crippen molar-refractivity contribution in [3.05, 3.63) is 95.6 Å². The molecule has 1 N–H and O–H groups in total. The predicted octanol–water partition coefficient (Wildman–Crippen LogP) is 3.65. The summed E-state index contributed by atoms with van der Waals surface area (Å²) in [7, 11) is 1.48. The van der Waals surface area contributed by atoms with Crippen LogP contribution in [-0.2, 0) is 9.53 Å². The number of piperazine rings is 1. The van der Waals surface area contributed by atoms with E-state index in [-0.39, 0.29) is 36.7 Å². The van der Waals surface area contributed by atoms with Gasteiger partial charge < -0.3 is 24.8 Å². The van der Waals surface area contributed by atoms with Gasteiger partial charge in [-0.3, -0.25) is 14.4 Å². The third-order valence-electron chi connectivity index (χ3n) is 6.48. The number of halogens is 2. The highest BCUT2D eigenvalue weighted by Gasteiger charge is 2.24. The lowest BCUT2D eigenvalue weighted by Gasteiger charge is -2.36. The maximum absolute atomic E-state index is 14.1. The molecule has 3 aromatic carbocycles. The Morgan fingerprint density at radius 1 is 0.846 bits per heavy atom. The van der Waals surface area contributed by atoms with Crippen molar-refractivity contribution in [1.82, 2.24) is 9.80 Å². The molecule has 1 saturated heterocycles. The van der Waals surface area contributed by atoms with Gasteiger partial charge in [0.1, 0.15) is 18.2 Å². The highest BCUT2D eigenvalue weighted by molar-refractivity contribution is 5.99. The number of anilines is 2. The van der Waals surface area contributed by atoms with Crippen molar-refractivity contribution in [2.45, 2.75) is 0 Å². The molecule has 204 valence electrons. The van der Waals surface area contributed by atoms with E-state index in [2.05, 4.69) is 10.2 Å². The zero-order valence-electron chi connectivity index (χ0n) is 21.6. The molecule has 1 fully saturated rings. The van der Waals surface area contributed by atoms with Crippen LogP contribution in [0.3, 0.4) is 0 Å².